The van der Waals surface area contributed by atoms with Crippen LogP contribution in [0.3, 0.4) is 0 Å². The first kappa shape index (κ1) is 15.2. The van der Waals surface area contributed by atoms with Crippen molar-refractivity contribution in [1.29, 1.82) is 0 Å². The maximum Gasteiger partial charge on any atom is 0.269 e. The van der Waals surface area contributed by atoms with E-state index in [0.29, 0.717) is 34.2 Å². The maximum absolute atomic E-state index is 12.2. The Hall–Kier alpha value is -2.74. The van der Waals surface area contributed by atoms with E-state index in [1.54, 1.807) is 36.1 Å². The van der Waals surface area contributed by atoms with Crippen molar-refractivity contribution in [3.8, 4) is 5.75 Å². The largest absolute Gasteiger partial charge is 0.482 e. The molecule has 1 aliphatic heterocycles. The van der Waals surface area contributed by atoms with Crippen molar-refractivity contribution in [3.63, 3.8) is 0 Å². The number of benzene rings is 1. The Morgan fingerprint density at radius 2 is 2.39 bits per heavy atom. The number of anilines is 2. The van der Waals surface area contributed by atoms with E-state index in [1.807, 2.05) is 0 Å². The molecule has 1 aromatic carbocycles. The lowest BCUT2D eigenvalue weighted by molar-refractivity contribution is -0.121. The number of rotatable bonds is 4. The summed E-state index contributed by atoms with van der Waals surface area (Å²) < 4.78 is 9.16. The molecule has 0 saturated heterocycles. The van der Waals surface area contributed by atoms with Crippen LogP contribution in [0, 0.1) is 6.92 Å². The maximum atomic E-state index is 12.2. The van der Waals surface area contributed by atoms with Crippen molar-refractivity contribution in [2.45, 2.75) is 6.92 Å². The molecule has 0 aliphatic carbocycles. The summed E-state index contributed by atoms with van der Waals surface area (Å²) in [7, 11) is 0. The van der Waals surface area contributed by atoms with Crippen LogP contribution >= 0.6 is 11.5 Å². The number of aryl methyl sites for hydroxylation is 1. The highest BCUT2D eigenvalue weighted by Crippen LogP contribution is 2.34. The Morgan fingerprint density at radius 3 is 3.09 bits per heavy atom. The van der Waals surface area contributed by atoms with Crippen molar-refractivity contribution in [2.24, 2.45) is 0 Å². The van der Waals surface area contributed by atoms with E-state index in [1.165, 1.54) is 0 Å². The van der Waals surface area contributed by atoms with Crippen molar-refractivity contribution in [3.05, 3.63) is 41.4 Å². The molecule has 0 unspecified atom stereocenters. The van der Waals surface area contributed by atoms with Crippen molar-refractivity contribution >= 4 is 34.7 Å². The predicted octanol–water partition coefficient (Wildman–Crippen LogP) is 2.01. The molecular formula is C15H14N4O3S. The summed E-state index contributed by atoms with van der Waals surface area (Å²) in [4.78, 5) is 26.2. The second-order valence-corrected chi connectivity index (χ2v) is 5.66. The van der Waals surface area contributed by atoms with Crippen molar-refractivity contribution in [1.82, 2.24) is 9.59 Å². The summed E-state index contributed by atoms with van der Waals surface area (Å²) in [6.45, 7) is 5.76. The first-order valence-electron chi connectivity index (χ1n) is 6.88. The number of carbonyl (C=O) groups excluding carboxylic acids is 2. The van der Waals surface area contributed by atoms with Gasteiger partial charge in [0.25, 0.3) is 11.8 Å². The molecule has 0 radical (unpaired) electrons. The lowest BCUT2D eigenvalue weighted by Gasteiger charge is -2.28. The fourth-order valence-electron chi connectivity index (χ4n) is 2.24. The normalized spacial score (nSPS) is 13.3. The summed E-state index contributed by atoms with van der Waals surface area (Å²) in [6.07, 6.45) is 1.64. The molecule has 7 nitrogen and oxygen atoms in total. The van der Waals surface area contributed by atoms with Crippen molar-refractivity contribution < 1.29 is 14.3 Å². The molecule has 3 rings (SSSR count). The molecule has 2 aromatic rings. The summed E-state index contributed by atoms with van der Waals surface area (Å²) in [5, 5.41) is 6.60. The average molecular weight is 330 g/mol. The van der Waals surface area contributed by atoms with E-state index in [-0.39, 0.29) is 18.4 Å². The van der Waals surface area contributed by atoms with Crippen LogP contribution < -0.4 is 15.0 Å². The summed E-state index contributed by atoms with van der Waals surface area (Å²) in [6, 6.07) is 5.16. The fraction of sp³-hybridized carbons (Fsp3) is 0.200. The van der Waals surface area contributed by atoms with Crippen LogP contribution in [0.4, 0.5) is 11.4 Å². The molecule has 0 spiro atoms. The summed E-state index contributed by atoms with van der Waals surface area (Å²) in [5.41, 5.74) is 1.75. The Kier molecular flexibility index (Phi) is 4.07. The van der Waals surface area contributed by atoms with Gasteiger partial charge < -0.3 is 15.0 Å². The molecule has 0 atom stereocenters. The highest BCUT2D eigenvalue weighted by atomic mass is 32.1. The van der Waals surface area contributed by atoms with E-state index in [4.69, 9.17) is 4.74 Å². The number of carbonyl (C=O) groups is 2. The zero-order chi connectivity index (χ0) is 16.4. The highest BCUT2D eigenvalue weighted by Gasteiger charge is 2.25. The van der Waals surface area contributed by atoms with Gasteiger partial charge in [-0.25, -0.2) is 0 Å². The third-order valence-electron chi connectivity index (χ3n) is 3.33. The van der Waals surface area contributed by atoms with Gasteiger partial charge in [-0.2, -0.15) is 0 Å². The van der Waals surface area contributed by atoms with Crippen LogP contribution in [-0.4, -0.2) is 34.6 Å². The fourth-order valence-corrected chi connectivity index (χ4v) is 2.79. The molecule has 1 aliphatic rings. The Bertz CT molecular complexity index is 787. The summed E-state index contributed by atoms with van der Waals surface area (Å²) in [5.74, 6) is 0.166. The highest BCUT2D eigenvalue weighted by molar-refractivity contribution is 7.08. The molecule has 0 fully saturated rings. The van der Waals surface area contributed by atoms with Gasteiger partial charge in [0.15, 0.2) is 6.61 Å². The molecule has 0 bridgehead atoms. The molecular weight excluding hydrogens is 316 g/mol. The Labute approximate surface area is 136 Å². The van der Waals surface area contributed by atoms with Gasteiger partial charge >= 0.3 is 0 Å². The van der Waals surface area contributed by atoms with Gasteiger partial charge in [0, 0.05) is 12.2 Å². The number of amides is 2. The standard InChI is InChI=1S/C15H14N4O3S/c1-3-6-19-11-7-10(4-5-12(11)22-8-13(19)20)16-15(21)14-9(2)17-18-23-14/h3-5,7H,1,6,8H2,2H3,(H,16,21). The van der Waals surface area contributed by atoms with Gasteiger partial charge in [0.1, 0.15) is 10.6 Å². The molecule has 2 heterocycles. The third kappa shape index (κ3) is 2.93. The van der Waals surface area contributed by atoms with E-state index < -0.39 is 0 Å². The monoisotopic (exact) mass is 330 g/mol. The van der Waals surface area contributed by atoms with Gasteiger partial charge in [0.05, 0.1) is 11.4 Å². The van der Waals surface area contributed by atoms with Crippen LogP contribution in [0.25, 0.3) is 0 Å². The van der Waals surface area contributed by atoms with Crippen LogP contribution in [0.5, 0.6) is 5.75 Å². The molecule has 1 N–H and O–H groups in total. The smallest absolute Gasteiger partial charge is 0.269 e. The number of hydrogen-bond acceptors (Lipinski definition) is 6. The minimum Gasteiger partial charge on any atom is -0.482 e. The van der Waals surface area contributed by atoms with Gasteiger partial charge in [-0.1, -0.05) is 10.6 Å². The minimum absolute atomic E-state index is 0.00171. The zero-order valence-electron chi connectivity index (χ0n) is 12.4. The third-order valence-corrected chi connectivity index (χ3v) is 4.16. The van der Waals surface area contributed by atoms with Gasteiger partial charge in [-0.3, -0.25) is 9.59 Å². The number of nitrogens with one attached hydrogen (secondary N) is 1. The Balaban J connectivity index is 1.88. The first-order chi connectivity index (χ1) is 11.1. The van der Waals surface area contributed by atoms with Gasteiger partial charge in [-0.15, -0.1) is 11.7 Å². The number of ether oxygens (including phenoxy) is 1. The molecule has 2 amide bonds. The van der Waals surface area contributed by atoms with Crippen LogP contribution in [0.1, 0.15) is 15.4 Å². The van der Waals surface area contributed by atoms with Gasteiger partial charge in [-0.05, 0) is 36.7 Å². The number of aromatic nitrogens is 2. The second-order valence-electron chi connectivity index (χ2n) is 4.91. The number of fused-ring (bicyclic) bond motifs is 1. The van der Waals surface area contributed by atoms with Crippen LogP contribution in [0.15, 0.2) is 30.9 Å². The average Bonchev–Trinajstić information content (AvgIpc) is 2.96. The van der Waals surface area contributed by atoms with Crippen LogP contribution in [0.2, 0.25) is 0 Å². The Morgan fingerprint density at radius 1 is 1.57 bits per heavy atom. The van der Waals surface area contributed by atoms with Crippen molar-refractivity contribution in [2.75, 3.05) is 23.4 Å². The van der Waals surface area contributed by atoms with E-state index in [9.17, 15) is 9.59 Å². The summed E-state index contributed by atoms with van der Waals surface area (Å²) >= 11 is 1.04. The van der Waals surface area contributed by atoms with E-state index in [0.717, 1.165) is 11.5 Å². The number of nitrogens with zero attached hydrogens (tertiary/aromatic N) is 3. The molecule has 23 heavy (non-hydrogen) atoms. The minimum atomic E-state index is -0.282. The first-order valence-corrected chi connectivity index (χ1v) is 7.66. The van der Waals surface area contributed by atoms with Crippen LogP contribution in [-0.2, 0) is 4.79 Å². The lowest BCUT2D eigenvalue weighted by Crippen LogP contribution is -2.38. The molecule has 1 aromatic heterocycles. The number of hydrogen-bond donors (Lipinski definition) is 1. The topological polar surface area (TPSA) is 84.4 Å². The predicted molar refractivity (Wildman–Crippen MR) is 87.1 cm³/mol. The van der Waals surface area contributed by atoms with E-state index >= 15 is 0 Å². The molecule has 118 valence electrons. The van der Waals surface area contributed by atoms with Gasteiger partial charge in [0.2, 0.25) is 0 Å². The quantitative estimate of drug-likeness (QED) is 0.867. The molecule has 8 heteroatoms. The van der Waals surface area contributed by atoms with E-state index in [2.05, 4.69) is 21.5 Å². The molecule has 0 saturated carbocycles. The lowest BCUT2D eigenvalue weighted by atomic mass is 10.2. The zero-order valence-corrected chi connectivity index (χ0v) is 13.2. The second kappa shape index (κ2) is 6.17. The SMILES string of the molecule is C=CCN1C(=O)COc2ccc(NC(=O)c3snnc3C)cc21.